The van der Waals surface area contributed by atoms with Crippen LogP contribution in [0.4, 0.5) is 11.5 Å². The van der Waals surface area contributed by atoms with Crippen molar-refractivity contribution in [1.29, 1.82) is 0 Å². The van der Waals surface area contributed by atoms with Crippen LogP contribution in [0.2, 0.25) is 0 Å². The molecule has 0 unspecified atom stereocenters. The van der Waals surface area contributed by atoms with Crippen LogP contribution in [0.3, 0.4) is 0 Å². The van der Waals surface area contributed by atoms with Gasteiger partial charge in [0.2, 0.25) is 5.91 Å². The van der Waals surface area contributed by atoms with Gasteiger partial charge < -0.3 is 11.1 Å². The molecule has 6 nitrogen and oxygen atoms in total. The number of amides is 1. The van der Waals surface area contributed by atoms with Crippen molar-refractivity contribution in [3.63, 3.8) is 0 Å². The minimum atomic E-state index is -0.173. The Bertz CT molecular complexity index is 640. The van der Waals surface area contributed by atoms with E-state index >= 15 is 0 Å². The van der Waals surface area contributed by atoms with E-state index in [1.54, 1.807) is 4.68 Å². The highest BCUT2D eigenvalue weighted by atomic mass is 16.2. The number of carbonyl (C=O) groups excluding carboxylic acids is 1. The molecule has 0 aliphatic rings. The van der Waals surface area contributed by atoms with Crippen molar-refractivity contribution >= 4 is 17.4 Å². The standard InChI is InChI=1S/C14H19N5O/c1-8-5-9(2)16-12(6-8)17-13(20)7-19-11(4)14(15)10(3)18-19/h5-6H,7,15H2,1-4H3,(H,16,17,20). The van der Waals surface area contributed by atoms with E-state index in [1.807, 2.05) is 39.8 Å². The van der Waals surface area contributed by atoms with Crippen LogP contribution < -0.4 is 11.1 Å². The number of carbonyl (C=O) groups is 1. The average molecular weight is 273 g/mol. The average Bonchev–Trinajstić information content (AvgIpc) is 2.55. The molecule has 0 radical (unpaired) electrons. The summed E-state index contributed by atoms with van der Waals surface area (Å²) in [6.45, 7) is 7.65. The molecule has 0 saturated carbocycles. The zero-order chi connectivity index (χ0) is 14.9. The minimum absolute atomic E-state index is 0.124. The fourth-order valence-electron chi connectivity index (χ4n) is 2.09. The van der Waals surface area contributed by atoms with E-state index < -0.39 is 0 Å². The van der Waals surface area contributed by atoms with E-state index in [0.29, 0.717) is 11.5 Å². The second kappa shape index (κ2) is 5.32. The fraction of sp³-hybridized carbons (Fsp3) is 0.357. The maximum absolute atomic E-state index is 12.0. The zero-order valence-electron chi connectivity index (χ0n) is 12.2. The Morgan fingerprint density at radius 2 is 2.00 bits per heavy atom. The highest BCUT2D eigenvalue weighted by molar-refractivity contribution is 5.89. The van der Waals surface area contributed by atoms with Gasteiger partial charge in [0, 0.05) is 5.69 Å². The normalized spacial score (nSPS) is 10.6. The highest BCUT2D eigenvalue weighted by Crippen LogP contribution is 2.15. The molecule has 2 heterocycles. The number of nitrogen functional groups attached to an aromatic ring is 1. The zero-order valence-corrected chi connectivity index (χ0v) is 12.2. The van der Waals surface area contributed by atoms with Gasteiger partial charge in [0.15, 0.2) is 0 Å². The first-order valence-electron chi connectivity index (χ1n) is 6.41. The molecule has 0 atom stereocenters. The lowest BCUT2D eigenvalue weighted by atomic mass is 10.2. The maximum Gasteiger partial charge on any atom is 0.247 e. The number of nitrogens with zero attached hydrogens (tertiary/aromatic N) is 3. The van der Waals surface area contributed by atoms with Gasteiger partial charge in [-0.3, -0.25) is 9.48 Å². The Kier molecular flexibility index (Phi) is 3.74. The number of hydrogen-bond donors (Lipinski definition) is 2. The lowest BCUT2D eigenvalue weighted by molar-refractivity contribution is -0.117. The van der Waals surface area contributed by atoms with Crippen molar-refractivity contribution in [2.75, 3.05) is 11.1 Å². The first-order valence-corrected chi connectivity index (χ1v) is 6.41. The number of anilines is 2. The largest absolute Gasteiger partial charge is 0.396 e. The summed E-state index contributed by atoms with van der Waals surface area (Å²) < 4.78 is 1.60. The van der Waals surface area contributed by atoms with Crippen LogP contribution in [-0.2, 0) is 11.3 Å². The van der Waals surface area contributed by atoms with Gasteiger partial charge in [-0.1, -0.05) is 0 Å². The van der Waals surface area contributed by atoms with Gasteiger partial charge in [0.05, 0.1) is 17.1 Å². The van der Waals surface area contributed by atoms with E-state index in [9.17, 15) is 4.79 Å². The lowest BCUT2D eigenvalue weighted by Crippen LogP contribution is -2.21. The highest BCUT2D eigenvalue weighted by Gasteiger charge is 2.12. The summed E-state index contributed by atoms with van der Waals surface area (Å²) in [5.74, 6) is 0.384. The molecule has 106 valence electrons. The minimum Gasteiger partial charge on any atom is -0.396 e. The number of pyridine rings is 1. The molecule has 2 aromatic heterocycles. The molecule has 0 aromatic carbocycles. The third-order valence-corrected chi connectivity index (χ3v) is 3.10. The van der Waals surface area contributed by atoms with Crippen LogP contribution in [0.1, 0.15) is 22.6 Å². The molecular weight excluding hydrogens is 254 g/mol. The number of hydrogen-bond acceptors (Lipinski definition) is 4. The van der Waals surface area contributed by atoms with E-state index in [0.717, 1.165) is 22.6 Å². The quantitative estimate of drug-likeness (QED) is 0.891. The summed E-state index contributed by atoms with van der Waals surface area (Å²) in [7, 11) is 0. The van der Waals surface area contributed by atoms with Gasteiger partial charge in [-0.05, 0) is 45.4 Å². The molecule has 1 amide bonds. The summed E-state index contributed by atoms with van der Waals surface area (Å²) in [5.41, 5.74) is 9.93. The predicted molar refractivity (Wildman–Crippen MR) is 78.5 cm³/mol. The number of nitrogens with two attached hydrogens (primary N) is 1. The number of aryl methyl sites for hydroxylation is 3. The smallest absolute Gasteiger partial charge is 0.247 e. The maximum atomic E-state index is 12.0. The molecule has 0 spiro atoms. The molecule has 2 aromatic rings. The fourth-order valence-corrected chi connectivity index (χ4v) is 2.09. The summed E-state index contributed by atoms with van der Waals surface area (Å²) in [5, 5.41) is 7.01. The van der Waals surface area contributed by atoms with Crippen molar-refractivity contribution in [1.82, 2.24) is 14.8 Å². The monoisotopic (exact) mass is 273 g/mol. The molecule has 0 aliphatic heterocycles. The number of aromatic nitrogens is 3. The molecule has 6 heteroatoms. The third kappa shape index (κ3) is 2.96. The summed E-state index contributed by atoms with van der Waals surface area (Å²) in [4.78, 5) is 16.3. The van der Waals surface area contributed by atoms with Crippen molar-refractivity contribution < 1.29 is 4.79 Å². The van der Waals surface area contributed by atoms with E-state index in [-0.39, 0.29) is 12.5 Å². The Morgan fingerprint density at radius 1 is 1.30 bits per heavy atom. The van der Waals surface area contributed by atoms with E-state index in [1.165, 1.54) is 0 Å². The Labute approximate surface area is 118 Å². The molecule has 0 saturated heterocycles. The summed E-state index contributed by atoms with van der Waals surface area (Å²) in [6.07, 6.45) is 0. The molecule has 3 N–H and O–H groups in total. The van der Waals surface area contributed by atoms with Crippen LogP contribution in [0, 0.1) is 27.7 Å². The van der Waals surface area contributed by atoms with E-state index in [2.05, 4.69) is 15.4 Å². The molecule has 0 aliphatic carbocycles. The van der Waals surface area contributed by atoms with Crippen LogP contribution in [0.25, 0.3) is 0 Å². The SMILES string of the molecule is Cc1cc(C)nc(NC(=O)Cn2nc(C)c(N)c2C)c1. The van der Waals surface area contributed by atoms with Gasteiger partial charge in [-0.25, -0.2) is 4.98 Å². The van der Waals surface area contributed by atoms with Gasteiger partial charge in [0.1, 0.15) is 12.4 Å². The van der Waals surface area contributed by atoms with Gasteiger partial charge >= 0.3 is 0 Å². The Morgan fingerprint density at radius 3 is 2.55 bits per heavy atom. The molecule has 2 rings (SSSR count). The number of nitrogens with one attached hydrogen (secondary N) is 1. The molecular formula is C14H19N5O. The molecule has 20 heavy (non-hydrogen) atoms. The van der Waals surface area contributed by atoms with Crippen molar-refractivity contribution in [3.05, 3.63) is 34.8 Å². The Hall–Kier alpha value is -2.37. The van der Waals surface area contributed by atoms with Gasteiger partial charge in [-0.15, -0.1) is 0 Å². The summed E-state index contributed by atoms with van der Waals surface area (Å²) >= 11 is 0. The predicted octanol–water partition coefficient (Wildman–Crippen LogP) is 1.73. The molecule has 0 bridgehead atoms. The molecule has 0 fully saturated rings. The van der Waals surface area contributed by atoms with E-state index in [4.69, 9.17) is 5.73 Å². The van der Waals surface area contributed by atoms with Crippen molar-refractivity contribution in [2.24, 2.45) is 0 Å². The van der Waals surface area contributed by atoms with Gasteiger partial charge in [-0.2, -0.15) is 5.10 Å². The topological polar surface area (TPSA) is 85.8 Å². The second-order valence-electron chi connectivity index (χ2n) is 4.96. The number of rotatable bonds is 3. The Balaban J connectivity index is 2.11. The van der Waals surface area contributed by atoms with Crippen LogP contribution in [0.15, 0.2) is 12.1 Å². The second-order valence-corrected chi connectivity index (χ2v) is 4.96. The first-order chi connectivity index (χ1) is 9.36. The first kappa shape index (κ1) is 14.0. The van der Waals surface area contributed by atoms with Crippen molar-refractivity contribution in [3.8, 4) is 0 Å². The lowest BCUT2D eigenvalue weighted by Gasteiger charge is -2.07. The van der Waals surface area contributed by atoms with Crippen LogP contribution >= 0.6 is 0 Å². The van der Waals surface area contributed by atoms with Crippen LogP contribution in [-0.4, -0.2) is 20.7 Å². The van der Waals surface area contributed by atoms with Crippen molar-refractivity contribution in [2.45, 2.75) is 34.2 Å². The van der Waals surface area contributed by atoms with Crippen LogP contribution in [0.5, 0.6) is 0 Å². The summed E-state index contributed by atoms with van der Waals surface area (Å²) in [6, 6.07) is 3.79. The third-order valence-electron chi connectivity index (χ3n) is 3.10. The van der Waals surface area contributed by atoms with Gasteiger partial charge in [0.25, 0.3) is 0 Å².